The molecule has 0 atom stereocenters. The van der Waals surface area contributed by atoms with E-state index in [0.717, 1.165) is 4.40 Å². The molecular formula is C10H8F3N3O. The fourth-order valence-electron chi connectivity index (χ4n) is 1.56. The summed E-state index contributed by atoms with van der Waals surface area (Å²) in [5.74, 6) is -1.28. The highest BCUT2D eigenvalue weighted by Crippen LogP contribution is 2.30. The number of nitrogens with zero attached hydrogens (tertiary/aromatic N) is 3. The highest BCUT2D eigenvalue weighted by molar-refractivity contribution is 5.80. The van der Waals surface area contributed by atoms with Gasteiger partial charge < -0.3 is 0 Å². The Morgan fingerprint density at radius 1 is 1.47 bits per heavy atom. The van der Waals surface area contributed by atoms with Crippen molar-refractivity contribution in [2.24, 2.45) is 0 Å². The number of carbonyl (C=O) groups is 1. The summed E-state index contributed by atoms with van der Waals surface area (Å²) in [6, 6.07) is 0. The number of aromatic nitrogens is 3. The maximum atomic E-state index is 12.7. The molecule has 0 saturated carbocycles. The van der Waals surface area contributed by atoms with Gasteiger partial charge in [0.2, 0.25) is 5.82 Å². The molecule has 0 saturated heterocycles. The molecule has 0 aliphatic rings. The zero-order valence-electron chi connectivity index (χ0n) is 8.82. The maximum absolute atomic E-state index is 12.7. The largest absolute Gasteiger partial charge is 0.450 e. The molecule has 0 unspecified atom stereocenters. The van der Waals surface area contributed by atoms with Crippen LogP contribution in [0.5, 0.6) is 0 Å². The van der Waals surface area contributed by atoms with Crippen LogP contribution in [0.2, 0.25) is 0 Å². The number of hydrogen-bond acceptors (Lipinski definition) is 3. The molecule has 4 nitrogen and oxygen atoms in total. The van der Waals surface area contributed by atoms with Crippen LogP contribution in [0.25, 0.3) is 5.52 Å². The molecule has 0 fully saturated rings. The Balaban J connectivity index is 2.67. The van der Waals surface area contributed by atoms with Crippen molar-refractivity contribution < 1.29 is 18.0 Å². The van der Waals surface area contributed by atoms with Crippen LogP contribution in [0, 0.1) is 0 Å². The number of ketones is 1. The van der Waals surface area contributed by atoms with E-state index in [1.807, 2.05) is 0 Å². The molecule has 0 aliphatic carbocycles. The number of rotatable bonds is 2. The molecule has 0 radical (unpaired) electrons. The van der Waals surface area contributed by atoms with Crippen molar-refractivity contribution in [3.8, 4) is 0 Å². The number of imidazole rings is 1. The molecule has 17 heavy (non-hydrogen) atoms. The van der Waals surface area contributed by atoms with Crippen molar-refractivity contribution in [2.45, 2.75) is 19.5 Å². The van der Waals surface area contributed by atoms with Gasteiger partial charge in [0, 0.05) is 12.4 Å². The molecule has 7 heteroatoms. The number of hydrogen-bond donors (Lipinski definition) is 0. The highest BCUT2D eigenvalue weighted by Gasteiger charge is 2.37. The summed E-state index contributed by atoms with van der Waals surface area (Å²) in [7, 11) is 0. The lowest BCUT2D eigenvalue weighted by Crippen LogP contribution is -2.10. The summed E-state index contributed by atoms with van der Waals surface area (Å²) in [6.07, 6.45) is -1.01. The van der Waals surface area contributed by atoms with Crippen LogP contribution < -0.4 is 0 Å². The van der Waals surface area contributed by atoms with Crippen LogP contribution in [0.15, 0.2) is 18.6 Å². The number of carbonyl (C=O) groups excluding carboxylic acids is 1. The van der Waals surface area contributed by atoms with Gasteiger partial charge >= 0.3 is 6.18 Å². The van der Waals surface area contributed by atoms with Crippen molar-refractivity contribution in [1.82, 2.24) is 14.4 Å². The second kappa shape index (κ2) is 3.83. The molecule has 2 rings (SSSR count). The van der Waals surface area contributed by atoms with E-state index >= 15 is 0 Å². The average molecular weight is 243 g/mol. The van der Waals surface area contributed by atoms with Crippen molar-refractivity contribution in [2.75, 3.05) is 0 Å². The van der Waals surface area contributed by atoms with Crippen molar-refractivity contribution in [1.29, 1.82) is 0 Å². The number of fused-ring (bicyclic) bond motifs is 1. The molecule has 0 bridgehead atoms. The van der Waals surface area contributed by atoms with E-state index in [0.29, 0.717) is 0 Å². The zero-order chi connectivity index (χ0) is 12.6. The SMILES string of the molecule is CC(=O)Cc1nc(C(F)(F)F)n2ccncc12. The van der Waals surface area contributed by atoms with Gasteiger partial charge in [-0.1, -0.05) is 0 Å². The van der Waals surface area contributed by atoms with Crippen molar-refractivity contribution in [3.05, 3.63) is 30.1 Å². The van der Waals surface area contributed by atoms with Gasteiger partial charge in [-0.2, -0.15) is 13.2 Å². The summed E-state index contributed by atoms with van der Waals surface area (Å²) in [5, 5.41) is 0. The van der Waals surface area contributed by atoms with Crippen molar-refractivity contribution in [3.63, 3.8) is 0 Å². The van der Waals surface area contributed by atoms with E-state index in [9.17, 15) is 18.0 Å². The highest BCUT2D eigenvalue weighted by atomic mass is 19.4. The van der Waals surface area contributed by atoms with Gasteiger partial charge in [-0.05, 0) is 6.92 Å². The van der Waals surface area contributed by atoms with Crippen LogP contribution in [0.3, 0.4) is 0 Å². The van der Waals surface area contributed by atoms with E-state index in [-0.39, 0.29) is 23.4 Å². The monoisotopic (exact) mass is 243 g/mol. The second-order valence-electron chi connectivity index (χ2n) is 3.59. The normalized spacial score (nSPS) is 12.0. The Hall–Kier alpha value is -1.92. The molecule has 2 heterocycles. The first-order valence-electron chi connectivity index (χ1n) is 4.77. The Bertz CT molecular complexity index is 574. The molecule has 0 amide bonds. The third-order valence-corrected chi connectivity index (χ3v) is 2.19. The van der Waals surface area contributed by atoms with Gasteiger partial charge in [0.15, 0.2) is 0 Å². The van der Waals surface area contributed by atoms with E-state index < -0.39 is 12.0 Å². The van der Waals surface area contributed by atoms with E-state index in [2.05, 4.69) is 9.97 Å². The summed E-state index contributed by atoms with van der Waals surface area (Å²) in [6.45, 7) is 1.30. The van der Waals surface area contributed by atoms with Crippen LogP contribution in [-0.2, 0) is 17.4 Å². The van der Waals surface area contributed by atoms with Gasteiger partial charge in [-0.25, -0.2) is 4.98 Å². The summed E-state index contributed by atoms with van der Waals surface area (Å²) in [5.41, 5.74) is 0.299. The third kappa shape index (κ3) is 2.13. The minimum absolute atomic E-state index is 0.0953. The lowest BCUT2D eigenvalue weighted by molar-refractivity contribution is -0.145. The summed E-state index contributed by atoms with van der Waals surface area (Å²) in [4.78, 5) is 18.2. The lowest BCUT2D eigenvalue weighted by Gasteiger charge is -2.03. The lowest BCUT2D eigenvalue weighted by atomic mass is 10.2. The molecular weight excluding hydrogens is 235 g/mol. The predicted molar refractivity (Wildman–Crippen MR) is 52.4 cm³/mol. The predicted octanol–water partition coefficient (Wildman–Crippen LogP) is 1.88. The summed E-state index contributed by atoms with van der Waals surface area (Å²) < 4.78 is 38.9. The van der Waals surface area contributed by atoms with E-state index in [4.69, 9.17) is 0 Å². The minimum atomic E-state index is -4.56. The fourth-order valence-corrected chi connectivity index (χ4v) is 1.56. The quantitative estimate of drug-likeness (QED) is 0.809. The minimum Gasteiger partial charge on any atom is -0.300 e. The molecule has 2 aromatic rings. The van der Waals surface area contributed by atoms with Crippen LogP contribution in [-0.4, -0.2) is 20.2 Å². The van der Waals surface area contributed by atoms with Crippen LogP contribution in [0.1, 0.15) is 18.4 Å². The average Bonchev–Trinajstić information content (AvgIpc) is 2.56. The van der Waals surface area contributed by atoms with Gasteiger partial charge in [0.05, 0.1) is 23.8 Å². The smallest absolute Gasteiger partial charge is 0.300 e. The molecule has 90 valence electrons. The fraction of sp³-hybridized carbons (Fsp3) is 0.300. The van der Waals surface area contributed by atoms with E-state index in [1.165, 1.54) is 25.5 Å². The van der Waals surface area contributed by atoms with Gasteiger partial charge in [-0.3, -0.25) is 14.2 Å². The van der Waals surface area contributed by atoms with E-state index in [1.54, 1.807) is 0 Å². The van der Waals surface area contributed by atoms with Crippen LogP contribution >= 0.6 is 0 Å². The van der Waals surface area contributed by atoms with Crippen molar-refractivity contribution >= 4 is 11.3 Å². The molecule has 0 aliphatic heterocycles. The first-order chi connectivity index (χ1) is 7.89. The Kier molecular flexibility index (Phi) is 2.60. The Morgan fingerprint density at radius 2 is 2.18 bits per heavy atom. The molecule has 0 N–H and O–H groups in total. The van der Waals surface area contributed by atoms with Crippen LogP contribution in [0.4, 0.5) is 13.2 Å². The van der Waals surface area contributed by atoms with Gasteiger partial charge in [0.25, 0.3) is 0 Å². The number of alkyl halides is 3. The van der Waals surface area contributed by atoms with Gasteiger partial charge in [-0.15, -0.1) is 0 Å². The summed E-state index contributed by atoms with van der Waals surface area (Å²) >= 11 is 0. The molecule has 0 spiro atoms. The first kappa shape index (κ1) is 11.6. The first-order valence-corrected chi connectivity index (χ1v) is 4.77. The topological polar surface area (TPSA) is 47.3 Å². The van der Waals surface area contributed by atoms with Gasteiger partial charge in [0.1, 0.15) is 5.78 Å². The Morgan fingerprint density at radius 3 is 2.76 bits per heavy atom. The number of halogens is 3. The standard InChI is InChI=1S/C10H8F3N3O/c1-6(17)4-7-8-5-14-2-3-16(8)9(15-7)10(11,12)13/h2-3,5H,4H2,1H3. The third-order valence-electron chi connectivity index (χ3n) is 2.19. The molecule has 0 aromatic carbocycles. The molecule has 2 aromatic heterocycles. The second-order valence-corrected chi connectivity index (χ2v) is 3.59. The Labute approximate surface area is 94.1 Å². The maximum Gasteiger partial charge on any atom is 0.450 e. The zero-order valence-corrected chi connectivity index (χ0v) is 8.82. The number of Topliss-reactive ketones (excluding diaryl/α,β-unsaturated/α-hetero) is 1.